The summed E-state index contributed by atoms with van der Waals surface area (Å²) < 4.78 is 10.5. The molecule has 2 unspecified atom stereocenters. The molecule has 1 aromatic carbocycles. The van der Waals surface area contributed by atoms with Gasteiger partial charge in [0.1, 0.15) is 18.0 Å². The van der Waals surface area contributed by atoms with E-state index < -0.39 is 5.97 Å². The number of hydrogen-bond acceptors (Lipinski definition) is 4. The van der Waals surface area contributed by atoms with Crippen LogP contribution in [0, 0.1) is 5.92 Å². The van der Waals surface area contributed by atoms with Crippen LogP contribution in [-0.4, -0.2) is 49.7 Å². The summed E-state index contributed by atoms with van der Waals surface area (Å²) in [6.45, 7) is -0.280. The zero-order chi connectivity index (χ0) is 15.6. The molecular formula is C15H19NO5. The van der Waals surface area contributed by atoms with E-state index in [1.165, 1.54) is 11.9 Å². The number of carbonyl (C=O) groups excluding carboxylic acids is 1. The van der Waals surface area contributed by atoms with E-state index in [1.54, 1.807) is 20.3 Å². The average Bonchev–Trinajstić information content (AvgIpc) is 3.25. The van der Waals surface area contributed by atoms with Crippen molar-refractivity contribution in [2.24, 2.45) is 5.92 Å². The molecule has 1 fully saturated rings. The number of hydrogen-bond donors (Lipinski definition) is 1. The number of likely N-dealkylation sites (N-methyl/N-ethyl adjacent to an activating group) is 1. The summed E-state index contributed by atoms with van der Waals surface area (Å²) >= 11 is 0. The lowest BCUT2D eigenvalue weighted by molar-refractivity contribution is -0.144. The van der Waals surface area contributed by atoms with Gasteiger partial charge in [-0.05, 0) is 24.6 Å². The van der Waals surface area contributed by atoms with Crippen LogP contribution >= 0.6 is 0 Å². The van der Waals surface area contributed by atoms with E-state index in [9.17, 15) is 9.59 Å². The van der Waals surface area contributed by atoms with Crippen LogP contribution in [0.1, 0.15) is 17.9 Å². The van der Waals surface area contributed by atoms with Crippen molar-refractivity contribution in [3.63, 3.8) is 0 Å². The van der Waals surface area contributed by atoms with E-state index in [4.69, 9.17) is 14.6 Å². The number of methoxy groups -OCH3 is 2. The Kier molecular flexibility index (Phi) is 4.35. The fourth-order valence-electron chi connectivity index (χ4n) is 2.50. The van der Waals surface area contributed by atoms with Crippen LogP contribution in [0.25, 0.3) is 0 Å². The molecule has 0 heterocycles. The zero-order valence-electron chi connectivity index (χ0n) is 12.3. The molecule has 2 atom stereocenters. The standard InChI is InChI=1S/C15H19NO5/c1-16(8-14(17)18)15(19)12-7-10(12)11-6-9(20-2)4-5-13(11)21-3/h4-6,10,12H,7-8H2,1-3H3,(H,17,18). The Morgan fingerprint density at radius 2 is 2.05 bits per heavy atom. The Bertz CT molecular complexity index is 557. The number of benzene rings is 1. The number of ether oxygens (including phenoxy) is 2. The Hall–Kier alpha value is -2.24. The quantitative estimate of drug-likeness (QED) is 0.857. The zero-order valence-corrected chi connectivity index (χ0v) is 12.3. The molecule has 1 saturated carbocycles. The summed E-state index contributed by atoms with van der Waals surface area (Å²) in [5.74, 6) is 0.142. The number of rotatable bonds is 6. The van der Waals surface area contributed by atoms with Crippen molar-refractivity contribution >= 4 is 11.9 Å². The second-order valence-electron chi connectivity index (χ2n) is 5.14. The molecule has 1 aliphatic carbocycles. The minimum absolute atomic E-state index is 0.0544. The third-order valence-electron chi connectivity index (χ3n) is 3.69. The molecule has 0 saturated heterocycles. The van der Waals surface area contributed by atoms with Crippen molar-refractivity contribution < 1.29 is 24.2 Å². The first-order valence-electron chi connectivity index (χ1n) is 6.66. The van der Waals surface area contributed by atoms with Gasteiger partial charge >= 0.3 is 5.97 Å². The van der Waals surface area contributed by atoms with Gasteiger partial charge in [0.05, 0.1) is 14.2 Å². The molecule has 1 aliphatic rings. The molecule has 21 heavy (non-hydrogen) atoms. The molecule has 0 bridgehead atoms. The smallest absolute Gasteiger partial charge is 0.323 e. The van der Waals surface area contributed by atoms with Gasteiger partial charge in [-0.3, -0.25) is 9.59 Å². The monoisotopic (exact) mass is 293 g/mol. The lowest BCUT2D eigenvalue weighted by Crippen LogP contribution is -2.33. The lowest BCUT2D eigenvalue weighted by atomic mass is 10.1. The Morgan fingerprint density at radius 3 is 2.62 bits per heavy atom. The van der Waals surface area contributed by atoms with Crippen molar-refractivity contribution in [1.82, 2.24) is 4.90 Å². The number of carbonyl (C=O) groups is 2. The molecule has 6 nitrogen and oxygen atoms in total. The first kappa shape index (κ1) is 15.2. The molecule has 0 spiro atoms. The van der Waals surface area contributed by atoms with Gasteiger partial charge < -0.3 is 19.5 Å². The van der Waals surface area contributed by atoms with Gasteiger partial charge in [0.2, 0.25) is 5.91 Å². The number of aliphatic carboxylic acids is 1. The maximum absolute atomic E-state index is 12.2. The Balaban J connectivity index is 2.12. The molecule has 6 heteroatoms. The van der Waals surface area contributed by atoms with E-state index in [1.807, 2.05) is 12.1 Å². The normalized spacial score (nSPS) is 19.8. The van der Waals surface area contributed by atoms with E-state index in [2.05, 4.69) is 0 Å². The summed E-state index contributed by atoms with van der Waals surface area (Å²) in [6, 6.07) is 5.49. The number of carboxylic acids is 1. The van der Waals surface area contributed by atoms with Gasteiger partial charge in [-0.25, -0.2) is 0 Å². The highest BCUT2D eigenvalue weighted by molar-refractivity contribution is 5.86. The largest absolute Gasteiger partial charge is 0.497 e. The van der Waals surface area contributed by atoms with Crippen molar-refractivity contribution in [2.75, 3.05) is 27.8 Å². The SMILES string of the molecule is COc1ccc(OC)c(C2CC2C(=O)N(C)CC(=O)O)c1. The molecule has 1 amide bonds. The van der Waals surface area contributed by atoms with Crippen LogP contribution in [0.5, 0.6) is 11.5 Å². The Morgan fingerprint density at radius 1 is 1.33 bits per heavy atom. The van der Waals surface area contributed by atoms with Crippen molar-refractivity contribution in [3.05, 3.63) is 23.8 Å². The van der Waals surface area contributed by atoms with Gasteiger partial charge in [0.15, 0.2) is 0 Å². The second kappa shape index (κ2) is 6.03. The Labute approximate surface area is 123 Å². The summed E-state index contributed by atoms with van der Waals surface area (Å²) in [6.07, 6.45) is 0.701. The van der Waals surface area contributed by atoms with Crippen molar-refractivity contribution in [3.8, 4) is 11.5 Å². The molecular weight excluding hydrogens is 274 g/mol. The number of amides is 1. The molecule has 0 aromatic heterocycles. The van der Waals surface area contributed by atoms with Crippen LogP contribution in [0.15, 0.2) is 18.2 Å². The highest BCUT2D eigenvalue weighted by Crippen LogP contribution is 2.51. The van der Waals surface area contributed by atoms with E-state index in [-0.39, 0.29) is 24.3 Å². The van der Waals surface area contributed by atoms with Gasteiger partial charge in [0.25, 0.3) is 0 Å². The van der Waals surface area contributed by atoms with Gasteiger partial charge in [-0.15, -0.1) is 0 Å². The summed E-state index contributed by atoms with van der Waals surface area (Å²) in [4.78, 5) is 24.1. The van der Waals surface area contributed by atoms with Crippen LogP contribution < -0.4 is 9.47 Å². The highest BCUT2D eigenvalue weighted by Gasteiger charge is 2.46. The van der Waals surface area contributed by atoms with Gasteiger partial charge in [-0.1, -0.05) is 0 Å². The fraction of sp³-hybridized carbons (Fsp3) is 0.467. The highest BCUT2D eigenvalue weighted by atomic mass is 16.5. The number of carboxylic acid groups (broad SMARTS) is 1. The van der Waals surface area contributed by atoms with E-state index in [0.717, 1.165) is 11.3 Å². The summed E-state index contributed by atoms with van der Waals surface area (Å²) in [5.41, 5.74) is 0.930. The molecule has 1 aromatic rings. The lowest BCUT2D eigenvalue weighted by Gasteiger charge is -2.15. The second-order valence-corrected chi connectivity index (χ2v) is 5.14. The van der Waals surface area contributed by atoms with Crippen LogP contribution in [0.3, 0.4) is 0 Å². The molecule has 0 radical (unpaired) electrons. The fourth-order valence-corrected chi connectivity index (χ4v) is 2.50. The molecule has 1 N–H and O–H groups in total. The third kappa shape index (κ3) is 3.26. The van der Waals surface area contributed by atoms with Gasteiger partial charge in [-0.2, -0.15) is 0 Å². The summed E-state index contributed by atoms with van der Waals surface area (Å²) in [7, 11) is 4.68. The topological polar surface area (TPSA) is 76.1 Å². The van der Waals surface area contributed by atoms with Crippen molar-refractivity contribution in [2.45, 2.75) is 12.3 Å². The van der Waals surface area contributed by atoms with Crippen LogP contribution in [-0.2, 0) is 9.59 Å². The first-order valence-corrected chi connectivity index (χ1v) is 6.66. The van der Waals surface area contributed by atoms with E-state index >= 15 is 0 Å². The summed E-state index contributed by atoms with van der Waals surface area (Å²) in [5, 5.41) is 8.74. The third-order valence-corrected chi connectivity index (χ3v) is 3.69. The van der Waals surface area contributed by atoms with Gasteiger partial charge in [0, 0.05) is 24.4 Å². The first-order chi connectivity index (χ1) is 9.97. The van der Waals surface area contributed by atoms with Crippen LogP contribution in [0.4, 0.5) is 0 Å². The molecule has 2 rings (SSSR count). The maximum Gasteiger partial charge on any atom is 0.323 e. The van der Waals surface area contributed by atoms with Crippen molar-refractivity contribution in [1.29, 1.82) is 0 Å². The molecule has 114 valence electrons. The molecule has 0 aliphatic heterocycles. The number of nitrogens with zero attached hydrogens (tertiary/aromatic N) is 1. The minimum Gasteiger partial charge on any atom is -0.497 e. The van der Waals surface area contributed by atoms with E-state index in [0.29, 0.717) is 12.2 Å². The predicted molar refractivity (Wildman–Crippen MR) is 75.7 cm³/mol. The predicted octanol–water partition coefficient (Wildman–Crippen LogP) is 1.35. The maximum atomic E-state index is 12.2. The minimum atomic E-state index is -1.01. The average molecular weight is 293 g/mol. The van der Waals surface area contributed by atoms with Crippen LogP contribution in [0.2, 0.25) is 0 Å².